The third kappa shape index (κ3) is 3.82. The molecule has 2 nitrogen and oxygen atoms in total. The minimum absolute atomic E-state index is 0.0762. The molecule has 0 radical (unpaired) electrons. The van der Waals surface area contributed by atoms with Gasteiger partial charge < -0.3 is 4.57 Å². The van der Waals surface area contributed by atoms with E-state index in [0.29, 0.717) is 11.3 Å². The summed E-state index contributed by atoms with van der Waals surface area (Å²) >= 11 is 0. The lowest BCUT2D eigenvalue weighted by atomic mass is 10.1. The van der Waals surface area contributed by atoms with Crippen LogP contribution in [0.2, 0.25) is 0 Å². The van der Waals surface area contributed by atoms with Gasteiger partial charge in [-0.25, -0.2) is 0 Å². The highest BCUT2D eigenvalue weighted by Gasteiger charge is 2.30. The molecule has 0 aliphatic rings. The second kappa shape index (κ2) is 6.59. The summed E-state index contributed by atoms with van der Waals surface area (Å²) in [6.07, 6.45) is -4.41. The maximum atomic E-state index is 12.9. The SMILES string of the molecule is Cc1ccc(-c2cccc(=O)n2Cc2cccc(C(F)(F)F)c2)cc1. The summed E-state index contributed by atoms with van der Waals surface area (Å²) in [6, 6.07) is 17.6. The molecule has 2 aromatic carbocycles. The fourth-order valence-corrected chi connectivity index (χ4v) is 2.69. The Labute approximate surface area is 143 Å². The van der Waals surface area contributed by atoms with Gasteiger partial charge in [-0.05, 0) is 36.2 Å². The molecule has 0 saturated carbocycles. The molecule has 0 bridgehead atoms. The van der Waals surface area contributed by atoms with E-state index in [1.54, 1.807) is 18.2 Å². The summed E-state index contributed by atoms with van der Waals surface area (Å²) in [6.45, 7) is 2.04. The number of nitrogens with zero attached hydrogens (tertiary/aromatic N) is 1. The first-order valence-electron chi connectivity index (χ1n) is 7.77. The van der Waals surface area contributed by atoms with E-state index >= 15 is 0 Å². The molecule has 1 heterocycles. The van der Waals surface area contributed by atoms with Crippen LogP contribution in [0, 0.1) is 6.92 Å². The summed E-state index contributed by atoms with van der Waals surface area (Å²) in [5.74, 6) is 0. The quantitative estimate of drug-likeness (QED) is 0.664. The summed E-state index contributed by atoms with van der Waals surface area (Å²) in [7, 11) is 0. The maximum Gasteiger partial charge on any atom is 0.416 e. The van der Waals surface area contributed by atoms with Gasteiger partial charge >= 0.3 is 6.18 Å². The van der Waals surface area contributed by atoms with Gasteiger partial charge in [0.25, 0.3) is 5.56 Å². The lowest BCUT2D eigenvalue weighted by molar-refractivity contribution is -0.137. The van der Waals surface area contributed by atoms with Crippen molar-refractivity contribution in [2.75, 3.05) is 0 Å². The number of halogens is 3. The Morgan fingerprint density at radius 3 is 2.28 bits per heavy atom. The second-order valence-electron chi connectivity index (χ2n) is 5.90. The Morgan fingerprint density at radius 1 is 0.920 bits per heavy atom. The Balaban J connectivity index is 2.04. The van der Waals surface area contributed by atoms with Gasteiger partial charge in [0.1, 0.15) is 0 Å². The van der Waals surface area contributed by atoms with E-state index in [-0.39, 0.29) is 12.1 Å². The summed E-state index contributed by atoms with van der Waals surface area (Å²) < 4.78 is 40.2. The van der Waals surface area contributed by atoms with Crippen molar-refractivity contribution in [3.8, 4) is 11.3 Å². The minimum atomic E-state index is -4.41. The zero-order valence-electron chi connectivity index (χ0n) is 13.5. The molecule has 0 fully saturated rings. The number of hydrogen-bond donors (Lipinski definition) is 0. The van der Waals surface area contributed by atoms with Crippen LogP contribution in [0.25, 0.3) is 11.3 Å². The first kappa shape index (κ1) is 17.0. The van der Waals surface area contributed by atoms with Gasteiger partial charge in [0.2, 0.25) is 0 Å². The van der Waals surface area contributed by atoms with Gasteiger partial charge in [-0.2, -0.15) is 13.2 Å². The third-order valence-electron chi connectivity index (χ3n) is 3.99. The topological polar surface area (TPSA) is 22.0 Å². The molecule has 0 N–H and O–H groups in total. The van der Waals surface area contributed by atoms with Crippen LogP contribution in [0.15, 0.2) is 71.5 Å². The van der Waals surface area contributed by atoms with E-state index in [9.17, 15) is 18.0 Å². The van der Waals surface area contributed by atoms with Crippen molar-refractivity contribution < 1.29 is 13.2 Å². The van der Waals surface area contributed by atoms with Gasteiger partial charge in [0, 0.05) is 6.07 Å². The maximum absolute atomic E-state index is 12.9. The molecular formula is C20H16F3NO. The number of aromatic nitrogens is 1. The minimum Gasteiger partial charge on any atom is -0.304 e. The molecule has 3 rings (SSSR count). The number of benzene rings is 2. The largest absolute Gasteiger partial charge is 0.416 e. The van der Waals surface area contributed by atoms with Crippen LogP contribution in [-0.2, 0) is 12.7 Å². The van der Waals surface area contributed by atoms with Crippen LogP contribution >= 0.6 is 0 Å². The predicted molar refractivity (Wildman–Crippen MR) is 91.4 cm³/mol. The normalized spacial score (nSPS) is 11.5. The molecule has 0 atom stereocenters. The molecule has 128 valence electrons. The summed E-state index contributed by atoms with van der Waals surface area (Å²) in [4.78, 5) is 12.3. The van der Waals surface area contributed by atoms with Crippen molar-refractivity contribution >= 4 is 0 Å². The number of aryl methyl sites for hydroxylation is 1. The lowest BCUT2D eigenvalue weighted by Gasteiger charge is -2.14. The molecule has 0 aliphatic heterocycles. The van der Waals surface area contributed by atoms with Crippen molar-refractivity contribution in [3.05, 3.63) is 93.8 Å². The zero-order valence-corrected chi connectivity index (χ0v) is 13.5. The zero-order chi connectivity index (χ0) is 18.0. The Hall–Kier alpha value is -2.82. The first-order chi connectivity index (χ1) is 11.8. The Morgan fingerprint density at radius 2 is 1.60 bits per heavy atom. The Bertz CT molecular complexity index is 940. The van der Waals surface area contributed by atoms with Crippen molar-refractivity contribution in [2.24, 2.45) is 0 Å². The van der Waals surface area contributed by atoms with E-state index in [4.69, 9.17) is 0 Å². The van der Waals surface area contributed by atoms with Gasteiger partial charge in [0.05, 0.1) is 17.8 Å². The van der Waals surface area contributed by atoms with Crippen LogP contribution in [0.5, 0.6) is 0 Å². The number of pyridine rings is 1. The van der Waals surface area contributed by atoms with Crippen LogP contribution in [0.3, 0.4) is 0 Å². The molecule has 1 aromatic heterocycles. The molecule has 3 aromatic rings. The average Bonchev–Trinajstić information content (AvgIpc) is 2.57. The summed E-state index contributed by atoms with van der Waals surface area (Å²) in [5, 5.41) is 0. The van der Waals surface area contributed by atoms with E-state index in [0.717, 1.165) is 23.3 Å². The van der Waals surface area contributed by atoms with E-state index < -0.39 is 11.7 Å². The molecule has 0 aliphatic carbocycles. The van der Waals surface area contributed by atoms with Crippen molar-refractivity contribution in [1.29, 1.82) is 0 Å². The second-order valence-corrected chi connectivity index (χ2v) is 5.90. The smallest absolute Gasteiger partial charge is 0.304 e. The third-order valence-corrected chi connectivity index (χ3v) is 3.99. The van der Waals surface area contributed by atoms with Crippen molar-refractivity contribution in [2.45, 2.75) is 19.6 Å². The fourth-order valence-electron chi connectivity index (χ4n) is 2.69. The molecule has 5 heteroatoms. The monoisotopic (exact) mass is 343 g/mol. The molecule has 0 amide bonds. The fraction of sp³-hybridized carbons (Fsp3) is 0.150. The van der Waals surface area contributed by atoms with Gasteiger partial charge in [-0.15, -0.1) is 0 Å². The van der Waals surface area contributed by atoms with Crippen molar-refractivity contribution in [3.63, 3.8) is 0 Å². The average molecular weight is 343 g/mol. The molecule has 25 heavy (non-hydrogen) atoms. The van der Waals surface area contributed by atoms with E-state index in [1.165, 1.54) is 16.7 Å². The Kier molecular flexibility index (Phi) is 4.49. The lowest BCUT2D eigenvalue weighted by Crippen LogP contribution is -2.21. The highest BCUT2D eigenvalue weighted by atomic mass is 19.4. The highest BCUT2D eigenvalue weighted by Crippen LogP contribution is 2.30. The van der Waals surface area contributed by atoms with Crippen LogP contribution in [0.1, 0.15) is 16.7 Å². The van der Waals surface area contributed by atoms with E-state index in [1.807, 2.05) is 31.2 Å². The molecule has 0 saturated heterocycles. The predicted octanol–water partition coefficient (Wildman–Crippen LogP) is 4.89. The summed E-state index contributed by atoms with van der Waals surface area (Å²) in [5.41, 5.74) is 2.06. The van der Waals surface area contributed by atoms with Gasteiger partial charge in [-0.1, -0.05) is 48.0 Å². The standard InChI is InChI=1S/C20H16F3NO/c1-14-8-10-16(11-9-14)18-6-3-7-19(25)24(18)13-15-4-2-5-17(12-15)20(21,22)23/h2-12H,13H2,1H3. The van der Waals surface area contributed by atoms with Crippen LogP contribution in [0.4, 0.5) is 13.2 Å². The van der Waals surface area contributed by atoms with Crippen molar-refractivity contribution in [1.82, 2.24) is 4.57 Å². The van der Waals surface area contributed by atoms with Gasteiger partial charge in [-0.3, -0.25) is 4.79 Å². The number of rotatable bonds is 3. The molecule has 0 unspecified atom stereocenters. The van der Waals surface area contributed by atoms with Crippen LogP contribution in [-0.4, -0.2) is 4.57 Å². The number of hydrogen-bond acceptors (Lipinski definition) is 1. The number of alkyl halides is 3. The van der Waals surface area contributed by atoms with E-state index in [2.05, 4.69) is 0 Å². The first-order valence-corrected chi connectivity index (χ1v) is 7.77. The molecule has 0 spiro atoms. The molecular weight excluding hydrogens is 327 g/mol. The highest BCUT2D eigenvalue weighted by molar-refractivity contribution is 5.60. The van der Waals surface area contributed by atoms with Crippen LogP contribution < -0.4 is 5.56 Å². The van der Waals surface area contributed by atoms with Gasteiger partial charge in [0.15, 0.2) is 0 Å².